The van der Waals surface area contributed by atoms with Gasteiger partial charge >= 0.3 is 6.09 Å². The van der Waals surface area contributed by atoms with Crippen LogP contribution in [-0.4, -0.2) is 24.2 Å². The molecule has 1 amide bonds. The van der Waals surface area contributed by atoms with Crippen LogP contribution in [0, 0.1) is 23.6 Å². The van der Waals surface area contributed by atoms with E-state index in [2.05, 4.69) is 16.4 Å². The molecule has 1 heterocycles. The average molecular weight is 394 g/mol. The number of hydrogen-bond donors (Lipinski definition) is 1. The number of halogens is 1. The Bertz CT molecular complexity index is 881. The molecule has 2 aliphatic carbocycles. The Morgan fingerprint density at radius 2 is 2.07 bits per heavy atom. The number of rotatable bonds is 4. The van der Waals surface area contributed by atoms with Gasteiger partial charge < -0.3 is 10.1 Å². The summed E-state index contributed by atoms with van der Waals surface area (Å²) in [5, 5.41) is 3.04. The fourth-order valence-electron chi connectivity index (χ4n) is 5.01. The van der Waals surface area contributed by atoms with Crippen LogP contribution < -0.4 is 5.32 Å². The van der Waals surface area contributed by atoms with E-state index in [1.807, 2.05) is 24.3 Å². The number of nitrogens with zero attached hydrogens (tertiary/aromatic N) is 1. The second-order valence-corrected chi connectivity index (χ2v) is 8.11. The lowest BCUT2D eigenvalue weighted by Crippen LogP contribution is -2.37. The lowest BCUT2D eigenvalue weighted by Gasteiger charge is -2.28. The van der Waals surface area contributed by atoms with Gasteiger partial charge in [-0.05, 0) is 54.5 Å². The van der Waals surface area contributed by atoms with Gasteiger partial charge in [-0.1, -0.05) is 43.5 Å². The van der Waals surface area contributed by atoms with Gasteiger partial charge in [-0.25, -0.2) is 9.18 Å². The number of alkyl carbamates (subject to hydrolysis) is 1. The van der Waals surface area contributed by atoms with Crippen LogP contribution in [0.4, 0.5) is 9.18 Å². The summed E-state index contributed by atoms with van der Waals surface area (Å²) in [6.45, 7) is 0. The summed E-state index contributed by atoms with van der Waals surface area (Å²) in [6, 6.07) is 10.5. The van der Waals surface area contributed by atoms with Crippen LogP contribution in [0.3, 0.4) is 0 Å². The molecule has 1 aromatic heterocycles. The van der Waals surface area contributed by atoms with Gasteiger partial charge in [-0.2, -0.15) is 0 Å². The third-order valence-electron chi connectivity index (χ3n) is 6.41. The molecule has 2 saturated carbocycles. The van der Waals surface area contributed by atoms with Gasteiger partial charge in [0, 0.05) is 23.7 Å². The maximum atomic E-state index is 13.4. The van der Waals surface area contributed by atoms with E-state index in [1.165, 1.54) is 44.9 Å². The molecule has 4 atom stereocenters. The van der Waals surface area contributed by atoms with Gasteiger partial charge in [0.05, 0.1) is 12.8 Å². The summed E-state index contributed by atoms with van der Waals surface area (Å²) < 4.78 is 18.3. The Hall–Kier alpha value is -2.69. The highest BCUT2D eigenvalue weighted by molar-refractivity contribution is 5.67. The molecule has 152 valence electrons. The zero-order valence-electron chi connectivity index (χ0n) is 16.7. The van der Waals surface area contributed by atoms with Crippen LogP contribution in [0.5, 0.6) is 0 Å². The first kappa shape index (κ1) is 19.6. The summed E-state index contributed by atoms with van der Waals surface area (Å²) >= 11 is 0. The third kappa shape index (κ3) is 4.50. The lowest BCUT2D eigenvalue weighted by atomic mass is 9.78. The van der Waals surface area contributed by atoms with E-state index in [0.717, 1.165) is 23.2 Å². The predicted molar refractivity (Wildman–Crippen MR) is 112 cm³/mol. The second kappa shape index (κ2) is 8.76. The summed E-state index contributed by atoms with van der Waals surface area (Å²) in [5.74, 6) is 1.32. The maximum Gasteiger partial charge on any atom is 0.407 e. The topological polar surface area (TPSA) is 51.2 Å². The quantitative estimate of drug-likeness (QED) is 0.750. The number of carbonyl (C=O) groups is 1. The molecule has 5 heteroatoms. The van der Waals surface area contributed by atoms with Crippen molar-refractivity contribution >= 4 is 12.2 Å². The molecule has 29 heavy (non-hydrogen) atoms. The molecule has 0 saturated heterocycles. The van der Waals surface area contributed by atoms with Crippen molar-refractivity contribution in [3.8, 4) is 11.1 Å². The minimum atomic E-state index is -0.357. The summed E-state index contributed by atoms with van der Waals surface area (Å²) in [7, 11) is 1.41. The highest BCUT2D eigenvalue weighted by atomic mass is 19.1. The fraction of sp³-hybridized carbons (Fsp3) is 0.417. The minimum absolute atomic E-state index is 0.110. The van der Waals surface area contributed by atoms with Crippen LogP contribution in [-0.2, 0) is 4.74 Å². The smallest absolute Gasteiger partial charge is 0.407 e. The van der Waals surface area contributed by atoms with Crippen molar-refractivity contribution < 1.29 is 13.9 Å². The van der Waals surface area contributed by atoms with Crippen LogP contribution >= 0.6 is 0 Å². The van der Waals surface area contributed by atoms with E-state index in [1.54, 1.807) is 12.3 Å². The number of fused-ring (bicyclic) bond motifs is 1. The van der Waals surface area contributed by atoms with E-state index >= 15 is 0 Å². The fourth-order valence-corrected chi connectivity index (χ4v) is 5.01. The highest BCUT2D eigenvalue weighted by Gasteiger charge is 2.43. The van der Waals surface area contributed by atoms with Crippen LogP contribution in [0.25, 0.3) is 17.2 Å². The number of ether oxygens (including phenoxy) is 1. The molecule has 1 N–H and O–H groups in total. The molecule has 0 bridgehead atoms. The molecule has 4 rings (SSSR count). The molecule has 2 aliphatic rings. The number of carbonyl (C=O) groups excluding carboxylic acids is 1. The SMILES string of the molecule is COC(=O)N[C@H]1C[C@H]2CCCC[C@H]2[C@@H]1/C=C/c1ccc(-c2cccc(F)c2)cn1. The van der Waals surface area contributed by atoms with Crippen molar-refractivity contribution in [3.05, 3.63) is 60.2 Å². The van der Waals surface area contributed by atoms with Crippen molar-refractivity contribution in [2.24, 2.45) is 17.8 Å². The number of amides is 1. The summed E-state index contributed by atoms with van der Waals surface area (Å²) in [4.78, 5) is 16.3. The van der Waals surface area contributed by atoms with E-state index in [-0.39, 0.29) is 18.0 Å². The molecular weight excluding hydrogens is 367 g/mol. The van der Waals surface area contributed by atoms with Gasteiger partial charge in [0.25, 0.3) is 0 Å². The van der Waals surface area contributed by atoms with Gasteiger partial charge in [0.1, 0.15) is 5.82 Å². The first-order valence-electron chi connectivity index (χ1n) is 10.4. The van der Waals surface area contributed by atoms with Crippen molar-refractivity contribution in [1.29, 1.82) is 0 Å². The molecule has 2 fully saturated rings. The number of nitrogens with one attached hydrogen (secondary N) is 1. The lowest BCUT2D eigenvalue weighted by molar-refractivity contribution is 0.164. The zero-order chi connectivity index (χ0) is 20.2. The minimum Gasteiger partial charge on any atom is -0.453 e. The van der Waals surface area contributed by atoms with Gasteiger partial charge in [-0.15, -0.1) is 0 Å². The molecular formula is C24H27FN2O2. The third-order valence-corrected chi connectivity index (χ3v) is 6.41. The summed E-state index contributed by atoms with van der Waals surface area (Å²) in [5.41, 5.74) is 2.57. The Labute approximate surface area is 171 Å². The molecule has 0 aliphatic heterocycles. The van der Waals surface area contributed by atoms with Crippen LogP contribution in [0.2, 0.25) is 0 Å². The zero-order valence-corrected chi connectivity index (χ0v) is 16.7. The van der Waals surface area contributed by atoms with Gasteiger partial charge in [-0.3, -0.25) is 4.98 Å². The van der Waals surface area contributed by atoms with Gasteiger partial charge in [0.15, 0.2) is 0 Å². The highest BCUT2D eigenvalue weighted by Crippen LogP contribution is 2.46. The van der Waals surface area contributed by atoms with Gasteiger partial charge in [0.2, 0.25) is 0 Å². The number of hydrogen-bond acceptors (Lipinski definition) is 3. The van der Waals surface area contributed by atoms with Crippen molar-refractivity contribution in [3.63, 3.8) is 0 Å². The Balaban J connectivity index is 1.50. The largest absolute Gasteiger partial charge is 0.453 e. The molecule has 4 nitrogen and oxygen atoms in total. The number of benzene rings is 1. The maximum absolute atomic E-state index is 13.4. The first-order valence-corrected chi connectivity index (χ1v) is 10.4. The average Bonchev–Trinajstić information content (AvgIpc) is 3.09. The number of methoxy groups -OCH3 is 1. The monoisotopic (exact) mass is 394 g/mol. The van der Waals surface area contributed by atoms with E-state index in [4.69, 9.17) is 4.74 Å². The van der Waals surface area contributed by atoms with Crippen molar-refractivity contribution in [1.82, 2.24) is 10.3 Å². The van der Waals surface area contributed by atoms with E-state index < -0.39 is 0 Å². The summed E-state index contributed by atoms with van der Waals surface area (Å²) in [6.07, 6.45) is 11.7. The molecule has 1 aromatic carbocycles. The standard InChI is InChI=1S/C24H27FN2O2/c1-29-24(28)27-23-14-17-5-2-3-8-21(17)22(23)12-11-20-10-9-18(15-26-20)16-6-4-7-19(25)13-16/h4,6-7,9-13,15,17,21-23H,2-3,5,8,14H2,1H3,(H,27,28)/b12-11+/t17-,21-,22+,23+/m1/s1. The molecule has 2 aromatic rings. The molecule has 0 unspecified atom stereocenters. The first-order chi connectivity index (χ1) is 14.1. The Kier molecular flexibility index (Phi) is 5.93. The Morgan fingerprint density at radius 3 is 2.83 bits per heavy atom. The van der Waals surface area contributed by atoms with Crippen molar-refractivity contribution in [2.45, 2.75) is 38.1 Å². The molecule has 0 radical (unpaired) electrons. The second-order valence-electron chi connectivity index (χ2n) is 8.11. The van der Waals surface area contributed by atoms with Crippen LogP contribution in [0.1, 0.15) is 37.8 Å². The van der Waals surface area contributed by atoms with Crippen molar-refractivity contribution in [2.75, 3.05) is 7.11 Å². The normalized spacial score (nSPS) is 26.3. The van der Waals surface area contributed by atoms with Crippen LogP contribution in [0.15, 0.2) is 48.7 Å². The Morgan fingerprint density at radius 1 is 1.21 bits per heavy atom. The van der Waals surface area contributed by atoms with E-state index in [0.29, 0.717) is 17.8 Å². The number of pyridine rings is 1. The number of aromatic nitrogens is 1. The molecule has 0 spiro atoms. The van der Waals surface area contributed by atoms with E-state index in [9.17, 15) is 9.18 Å². The predicted octanol–water partition coefficient (Wildman–Crippen LogP) is 5.45.